The van der Waals surface area contributed by atoms with Crippen molar-refractivity contribution in [2.45, 2.75) is 38.1 Å². The lowest BCUT2D eigenvalue weighted by Crippen LogP contribution is -2.27. The van der Waals surface area contributed by atoms with Gasteiger partial charge in [0.2, 0.25) is 0 Å². The highest BCUT2D eigenvalue weighted by molar-refractivity contribution is 5.29. The highest BCUT2D eigenvalue weighted by Gasteiger charge is 2.23. The van der Waals surface area contributed by atoms with Crippen molar-refractivity contribution in [1.29, 1.82) is 0 Å². The van der Waals surface area contributed by atoms with Gasteiger partial charge in [-0.05, 0) is 55.2 Å². The van der Waals surface area contributed by atoms with Crippen molar-refractivity contribution in [2.24, 2.45) is 5.92 Å². The first kappa shape index (κ1) is 12.2. The van der Waals surface area contributed by atoms with Crippen LogP contribution in [0, 0.1) is 5.92 Å². The number of nitrogens with one attached hydrogen (secondary N) is 1. The van der Waals surface area contributed by atoms with Crippen molar-refractivity contribution in [2.75, 3.05) is 19.8 Å². The first-order valence-corrected chi connectivity index (χ1v) is 7.29. The van der Waals surface area contributed by atoms with Crippen LogP contribution >= 0.6 is 0 Å². The van der Waals surface area contributed by atoms with Gasteiger partial charge in [-0.1, -0.05) is 24.3 Å². The van der Waals surface area contributed by atoms with Crippen molar-refractivity contribution in [1.82, 2.24) is 5.32 Å². The average Bonchev–Trinajstić information content (AvgIpc) is 3.25. The summed E-state index contributed by atoms with van der Waals surface area (Å²) in [6.07, 6.45) is 5.21. The van der Waals surface area contributed by atoms with Crippen LogP contribution in [0.3, 0.4) is 0 Å². The lowest BCUT2D eigenvalue weighted by atomic mass is 10.0. The summed E-state index contributed by atoms with van der Waals surface area (Å²) >= 11 is 0. The molecule has 0 amide bonds. The molecule has 2 fully saturated rings. The molecule has 1 saturated carbocycles. The van der Waals surface area contributed by atoms with E-state index in [1.54, 1.807) is 5.56 Å². The predicted octanol–water partition coefficient (Wildman–Crippen LogP) is 3.08. The van der Waals surface area contributed by atoms with Gasteiger partial charge in [0, 0.05) is 19.8 Å². The van der Waals surface area contributed by atoms with E-state index >= 15 is 0 Å². The van der Waals surface area contributed by atoms with Crippen LogP contribution in [0.5, 0.6) is 0 Å². The lowest BCUT2D eigenvalue weighted by Gasteiger charge is -2.22. The van der Waals surface area contributed by atoms with Gasteiger partial charge in [0.05, 0.1) is 0 Å². The summed E-state index contributed by atoms with van der Waals surface area (Å²) in [5.41, 5.74) is 2.98. The third-order valence-corrected chi connectivity index (χ3v) is 4.10. The molecule has 2 aliphatic rings. The number of rotatable bonds is 5. The van der Waals surface area contributed by atoms with Crippen molar-refractivity contribution in [3.63, 3.8) is 0 Å². The molecule has 98 valence electrons. The highest BCUT2D eigenvalue weighted by atomic mass is 16.5. The molecule has 2 nitrogen and oxygen atoms in total. The number of hydrogen-bond donors (Lipinski definition) is 1. The first-order chi connectivity index (χ1) is 8.92. The molecule has 0 aromatic heterocycles. The van der Waals surface area contributed by atoms with Crippen LogP contribution in [0.25, 0.3) is 0 Å². The fraction of sp³-hybridized carbons (Fsp3) is 0.625. The Morgan fingerprint density at radius 2 is 1.94 bits per heavy atom. The van der Waals surface area contributed by atoms with Gasteiger partial charge >= 0.3 is 0 Å². The number of benzene rings is 1. The smallest absolute Gasteiger partial charge is 0.0469 e. The molecule has 2 heteroatoms. The van der Waals surface area contributed by atoms with Crippen LogP contribution in [0.2, 0.25) is 0 Å². The molecule has 3 rings (SSSR count). The topological polar surface area (TPSA) is 21.3 Å². The van der Waals surface area contributed by atoms with Crippen LogP contribution in [-0.4, -0.2) is 19.8 Å². The average molecular weight is 245 g/mol. The van der Waals surface area contributed by atoms with Crippen molar-refractivity contribution in [3.8, 4) is 0 Å². The lowest BCUT2D eigenvalue weighted by molar-refractivity contribution is 0.0662. The molecule has 1 saturated heterocycles. The Labute approximate surface area is 110 Å². The molecule has 0 radical (unpaired) electrons. The summed E-state index contributed by atoms with van der Waals surface area (Å²) < 4.78 is 5.39. The zero-order valence-corrected chi connectivity index (χ0v) is 11.0. The standard InChI is InChI=1S/C16H23NO/c1-2-14(10-16(3-1)15-4-5-15)12-17-11-13-6-8-18-9-7-13/h1-3,10,13,15,17H,4-9,11-12H2. The monoisotopic (exact) mass is 245 g/mol. The molecule has 0 atom stereocenters. The molecule has 1 aliphatic carbocycles. The second-order valence-electron chi connectivity index (χ2n) is 5.71. The third kappa shape index (κ3) is 3.33. The molecule has 1 aromatic carbocycles. The summed E-state index contributed by atoms with van der Waals surface area (Å²) in [6.45, 7) is 4.04. The van der Waals surface area contributed by atoms with E-state index in [4.69, 9.17) is 4.74 Å². The van der Waals surface area contributed by atoms with E-state index < -0.39 is 0 Å². The van der Waals surface area contributed by atoms with Crippen LogP contribution < -0.4 is 5.32 Å². The Morgan fingerprint density at radius 1 is 1.11 bits per heavy atom. The second-order valence-corrected chi connectivity index (χ2v) is 5.71. The minimum Gasteiger partial charge on any atom is -0.381 e. The minimum absolute atomic E-state index is 0.811. The zero-order valence-electron chi connectivity index (χ0n) is 11.0. The van der Waals surface area contributed by atoms with Crippen molar-refractivity contribution in [3.05, 3.63) is 35.4 Å². The second kappa shape index (κ2) is 5.85. The molecule has 1 heterocycles. The Morgan fingerprint density at radius 3 is 2.72 bits per heavy atom. The van der Waals surface area contributed by atoms with Gasteiger partial charge in [-0.3, -0.25) is 0 Å². The highest BCUT2D eigenvalue weighted by Crippen LogP contribution is 2.40. The molecular weight excluding hydrogens is 222 g/mol. The predicted molar refractivity (Wildman–Crippen MR) is 73.7 cm³/mol. The molecule has 1 N–H and O–H groups in total. The van der Waals surface area contributed by atoms with E-state index in [1.165, 1.54) is 31.2 Å². The van der Waals surface area contributed by atoms with E-state index in [0.29, 0.717) is 0 Å². The summed E-state index contributed by atoms with van der Waals surface area (Å²) in [5, 5.41) is 3.60. The molecule has 1 aromatic rings. The summed E-state index contributed by atoms with van der Waals surface area (Å²) in [7, 11) is 0. The summed E-state index contributed by atoms with van der Waals surface area (Å²) in [4.78, 5) is 0. The molecule has 18 heavy (non-hydrogen) atoms. The maximum Gasteiger partial charge on any atom is 0.0469 e. The quantitative estimate of drug-likeness (QED) is 0.860. The van der Waals surface area contributed by atoms with Crippen LogP contribution in [-0.2, 0) is 11.3 Å². The van der Waals surface area contributed by atoms with Gasteiger partial charge < -0.3 is 10.1 Å². The number of hydrogen-bond acceptors (Lipinski definition) is 2. The van der Waals surface area contributed by atoms with Gasteiger partial charge in [-0.15, -0.1) is 0 Å². The van der Waals surface area contributed by atoms with E-state index in [9.17, 15) is 0 Å². The van der Waals surface area contributed by atoms with E-state index in [0.717, 1.165) is 38.1 Å². The normalized spacial score (nSPS) is 21.1. The molecule has 0 bridgehead atoms. The molecule has 0 unspecified atom stereocenters. The molecular formula is C16H23NO. The number of ether oxygens (including phenoxy) is 1. The van der Waals surface area contributed by atoms with E-state index in [1.807, 2.05) is 0 Å². The Hall–Kier alpha value is -0.860. The maximum atomic E-state index is 5.39. The van der Waals surface area contributed by atoms with Gasteiger partial charge in [0.15, 0.2) is 0 Å². The van der Waals surface area contributed by atoms with Crippen LogP contribution in [0.1, 0.15) is 42.7 Å². The fourth-order valence-corrected chi connectivity index (χ4v) is 2.74. The summed E-state index contributed by atoms with van der Waals surface area (Å²) in [5.74, 6) is 1.67. The molecule has 1 aliphatic heterocycles. The van der Waals surface area contributed by atoms with E-state index in [-0.39, 0.29) is 0 Å². The van der Waals surface area contributed by atoms with Crippen LogP contribution in [0.4, 0.5) is 0 Å². The van der Waals surface area contributed by atoms with Crippen molar-refractivity contribution < 1.29 is 4.74 Å². The Balaban J connectivity index is 1.45. The van der Waals surface area contributed by atoms with Crippen LogP contribution in [0.15, 0.2) is 24.3 Å². The summed E-state index contributed by atoms with van der Waals surface area (Å²) in [6, 6.07) is 9.11. The minimum atomic E-state index is 0.811. The fourth-order valence-electron chi connectivity index (χ4n) is 2.74. The Bertz CT molecular complexity index is 380. The largest absolute Gasteiger partial charge is 0.381 e. The SMILES string of the molecule is c1cc(CNCC2CCOCC2)cc(C2CC2)c1. The van der Waals surface area contributed by atoms with Crippen molar-refractivity contribution >= 4 is 0 Å². The zero-order chi connectivity index (χ0) is 12.2. The van der Waals surface area contributed by atoms with Gasteiger partial charge in [0.25, 0.3) is 0 Å². The Kier molecular flexibility index (Phi) is 3.96. The molecule has 0 spiro atoms. The maximum absolute atomic E-state index is 5.39. The van der Waals surface area contributed by atoms with Gasteiger partial charge in [0.1, 0.15) is 0 Å². The first-order valence-electron chi connectivity index (χ1n) is 7.29. The van der Waals surface area contributed by atoms with Gasteiger partial charge in [-0.2, -0.15) is 0 Å². The third-order valence-electron chi connectivity index (χ3n) is 4.10. The van der Waals surface area contributed by atoms with Gasteiger partial charge in [-0.25, -0.2) is 0 Å². The van der Waals surface area contributed by atoms with E-state index in [2.05, 4.69) is 29.6 Å².